The van der Waals surface area contributed by atoms with Crippen LogP contribution in [-0.4, -0.2) is 17.4 Å². The van der Waals surface area contributed by atoms with Gasteiger partial charge in [0.15, 0.2) is 0 Å². The van der Waals surface area contributed by atoms with Crippen LogP contribution in [0.1, 0.15) is 31.7 Å². The quantitative estimate of drug-likeness (QED) is 0.658. The Morgan fingerprint density at radius 3 is 2.83 bits per heavy atom. The van der Waals surface area contributed by atoms with Crippen LogP contribution in [-0.2, 0) is 6.42 Å². The van der Waals surface area contributed by atoms with E-state index in [4.69, 9.17) is 0 Å². The maximum absolute atomic E-state index is 13.5. The van der Waals surface area contributed by atoms with Crippen LogP contribution in [0.4, 0.5) is 4.39 Å². The maximum atomic E-state index is 13.5. The molecule has 0 N–H and O–H groups in total. The van der Waals surface area contributed by atoms with Gasteiger partial charge in [0.1, 0.15) is 5.82 Å². The number of carbonyl (C=O) groups excluding carboxylic acids is 1. The fraction of sp³-hybridized carbons (Fsp3) is 0.167. The Labute approximate surface area is 141 Å². The second-order valence-corrected chi connectivity index (χ2v) is 7.46. The normalized spacial score (nSPS) is 17.1. The van der Waals surface area contributed by atoms with Crippen LogP contribution in [0.5, 0.6) is 0 Å². The molecule has 2 nitrogen and oxygen atoms in total. The third-order valence-electron chi connectivity index (χ3n) is 4.11. The van der Waals surface area contributed by atoms with Gasteiger partial charge in [0, 0.05) is 21.9 Å². The molecule has 0 saturated carbocycles. The van der Waals surface area contributed by atoms with Gasteiger partial charge < -0.3 is 4.90 Å². The molecule has 0 saturated heterocycles. The van der Waals surface area contributed by atoms with Crippen LogP contribution in [0, 0.1) is 5.82 Å². The summed E-state index contributed by atoms with van der Waals surface area (Å²) in [7, 11) is 0. The highest BCUT2D eigenvalue weighted by atomic mass is 32.1. The van der Waals surface area contributed by atoms with Gasteiger partial charge in [-0.1, -0.05) is 12.1 Å². The Morgan fingerprint density at radius 1 is 1.13 bits per heavy atom. The molecule has 0 spiro atoms. The van der Waals surface area contributed by atoms with Crippen LogP contribution in [0.3, 0.4) is 0 Å². The molecule has 1 aromatic carbocycles. The van der Waals surface area contributed by atoms with Gasteiger partial charge in [0.05, 0.1) is 6.04 Å². The van der Waals surface area contributed by atoms with E-state index < -0.39 is 0 Å². The van der Waals surface area contributed by atoms with E-state index in [0.29, 0.717) is 12.1 Å². The molecule has 4 rings (SSSR count). The summed E-state index contributed by atoms with van der Waals surface area (Å²) in [6, 6.07) is 12.1. The lowest BCUT2D eigenvalue weighted by atomic mass is 9.97. The minimum Gasteiger partial charge on any atom is -0.326 e. The van der Waals surface area contributed by atoms with Crippen molar-refractivity contribution in [3.05, 3.63) is 79.9 Å². The fourth-order valence-electron chi connectivity index (χ4n) is 3.08. The Morgan fingerprint density at radius 2 is 2.04 bits per heavy atom. The van der Waals surface area contributed by atoms with Crippen molar-refractivity contribution in [2.45, 2.75) is 12.5 Å². The van der Waals surface area contributed by atoms with Crippen molar-refractivity contribution in [3.8, 4) is 0 Å². The van der Waals surface area contributed by atoms with Crippen molar-refractivity contribution in [3.63, 3.8) is 0 Å². The summed E-state index contributed by atoms with van der Waals surface area (Å²) in [5, 5.41) is 4.11. The predicted octanol–water partition coefficient (Wildman–Crippen LogP) is 4.74. The Bertz CT molecular complexity index is 840. The lowest BCUT2D eigenvalue weighted by molar-refractivity contribution is 0.0698. The van der Waals surface area contributed by atoms with Crippen LogP contribution < -0.4 is 0 Å². The van der Waals surface area contributed by atoms with Gasteiger partial charge in [0.2, 0.25) is 0 Å². The molecule has 5 heteroatoms. The highest BCUT2D eigenvalue weighted by Crippen LogP contribution is 2.40. The smallest absolute Gasteiger partial charge is 0.254 e. The summed E-state index contributed by atoms with van der Waals surface area (Å²) in [4.78, 5) is 17.3. The third kappa shape index (κ3) is 2.60. The molecular formula is C18H14FNOS2. The second-order valence-electron chi connectivity index (χ2n) is 5.48. The molecule has 1 aliphatic heterocycles. The van der Waals surface area contributed by atoms with E-state index in [1.165, 1.54) is 22.6 Å². The van der Waals surface area contributed by atoms with Crippen LogP contribution in [0.15, 0.2) is 53.2 Å². The Hall–Kier alpha value is -1.98. The lowest BCUT2D eigenvalue weighted by Crippen LogP contribution is -2.39. The number of nitrogens with zero attached hydrogens (tertiary/aromatic N) is 1. The summed E-state index contributed by atoms with van der Waals surface area (Å²) in [5.41, 5.74) is 1.61. The van der Waals surface area contributed by atoms with Gasteiger partial charge in [-0.2, -0.15) is 0 Å². The van der Waals surface area contributed by atoms with E-state index in [1.807, 2.05) is 16.3 Å². The average molecular weight is 343 g/mol. The summed E-state index contributed by atoms with van der Waals surface area (Å²) >= 11 is 3.40. The first-order valence-electron chi connectivity index (χ1n) is 7.40. The van der Waals surface area contributed by atoms with E-state index in [0.717, 1.165) is 11.3 Å². The molecule has 0 fully saturated rings. The minimum absolute atomic E-state index is 0.0687. The highest BCUT2D eigenvalue weighted by molar-refractivity contribution is 7.10. The first-order chi connectivity index (χ1) is 11.2. The predicted molar refractivity (Wildman–Crippen MR) is 91.6 cm³/mol. The molecule has 3 heterocycles. The number of carbonyl (C=O) groups is 1. The van der Waals surface area contributed by atoms with Crippen molar-refractivity contribution >= 4 is 28.6 Å². The zero-order valence-corrected chi connectivity index (χ0v) is 13.9. The molecular weight excluding hydrogens is 329 g/mol. The number of hydrogen-bond donors (Lipinski definition) is 0. The topological polar surface area (TPSA) is 20.3 Å². The van der Waals surface area contributed by atoms with Crippen LogP contribution >= 0.6 is 22.7 Å². The van der Waals surface area contributed by atoms with E-state index in [9.17, 15) is 9.18 Å². The second kappa shape index (κ2) is 5.91. The highest BCUT2D eigenvalue weighted by Gasteiger charge is 2.33. The first kappa shape index (κ1) is 14.6. The monoisotopic (exact) mass is 343 g/mol. The molecule has 1 aliphatic rings. The zero-order chi connectivity index (χ0) is 15.8. The van der Waals surface area contributed by atoms with E-state index >= 15 is 0 Å². The first-order valence-corrected chi connectivity index (χ1v) is 9.16. The average Bonchev–Trinajstić information content (AvgIpc) is 3.24. The molecule has 0 radical (unpaired) electrons. The van der Waals surface area contributed by atoms with Crippen molar-refractivity contribution in [1.82, 2.24) is 4.90 Å². The van der Waals surface area contributed by atoms with Crippen LogP contribution in [0.25, 0.3) is 0 Å². The number of amides is 1. The van der Waals surface area contributed by atoms with Crippen molar-refractivity contribution in [2.75, 3.05) is 6.54 Å². The van der Waals surface area contributed by atoms with E-state index in [2.05, 4.69) is 17.5 Å². The molecule has 2 aromatic heterocycles. The van der Waals surface area contributed by atoms with Gasteiger partial charge in [-0.3, -0.25) is 4.79 Å². The SMILES string of the molecule is O=C(c1cccc(F)c1)N1CCc2sccc2[C@@H]1c1cccs1. The molecule has 0 aliphatic carbocycles. The van der Waals surface area contributed by atoms with Gasteiger partial charge in [0.25, 0.3) is 5.91 Å². The third-order valence-corrected chi connectivity index (χ3v) is 6.03. The number of rotatable bonds is 2. The number of halogens is 1. The zero-order valence-electron chi connectivity index (χ0n) is 12.2. The molecule has 0 bridgehead atoms. The number of fused-ring (bicyclic) bond motifs is 1. The Kier molecular flexibility index (Phi) is 3.75. The minimum atomic E-state index is -0.378. The van der Waals surface area contributed by atoms with Crippen molar-refractivity contribution < 1.29 is 9.18 Å². The van der Waals surface area contributed by atoms with Gasteiger partial charge >= 0.3 is 0 Å². The lowest BCUT2D eigenvalue weighted by Gasteiger charge is -2.35. The summed E-state index contributed by atoms with van der Waals surface area (Å²) in [6.45, 7) is 0.658. The number of benzene rings is 1. The van der Waals surface area contributed by atoms with Gasteiger partial charge in [-0.25, -0.2) is 4.39 Å². The van der Waals surface area contributed by atoms with Crippen molar-refractivity contribution in [2.24, 2.45) is 0 Å². The summed E-state index contributed by atoms with van der Waals surface area (Å²) in [5.74, 6) is -0.489. The summed E-state index contributed by atoms with van der Waals surface area (Å²) < 4.78 is 13.5. The van der Waals surface area contributed by atoms with E-state index in [1.54, 1.807) is 34.8 Å². The van der Waals surface area contributed by atoms with E-state index in [-0.39, 0.29) is 17.8 Å². The van der Waals surface area contributed by atoms with Crippen molar-refractivity contribution in [1.29, 1.82) is 0 Å². The maximum Gasteiger partial charge on any atom is 0.254 e. The molecule has 116 valence electrons. The molecule has 23 heavy (non-hydrogen) atoms. The van der Waals surface area contributed by atoms with Crippen LogP contribution in [0.2, 0.25) is 0 Å². The molecule has 3 aromatic rings. The van der Waals surface area contributed by atoms with Gasteiger partial charge in [-0.05, 0) is 53.1 Å². The summed E-state index contributed by atoms with van der Waals surface area (Å²) in [6.07, 6.45) is 0.857. The molecule has 1 amide bonds. The largest absolute Gasteiger partial charge is 0.326 e. The number of thiophene rings is 2. The molecule has 1 atom stereocenters. The standard InChI is InChI=1S/C18H14FNOS2/c19-13-4-1-3-12(11-13)18(21)20-8-6-15-14(7-10-23-15)17(20)16-5-2-9-22-16/h1-5,7,9-11,17H,6,8H2/t17-/m1/s1. The fourth-order valence-corrected chi connectivity index (χ4v) is 4.83. The number of hydrogen-bond acceptors (Lipinski definition) is 3. The molecule has 0 unspecified atom stereocenters. The Balaban J connectivity index is 1.77. The van der Waals surface area contributed by atoms with Gasteiger partial charge in [-0.15, -0.1) is 22.7 Å².